The number of likely N-dealkylation sites (tertiary alicyclic amines) is 1. The number of ether oxygens (including phenoxy) is 1. The Morgan fingerprint density at radius 1 is 1.03 bits per heavy atom. The molecule has 4 rings (SSSR count). The van der Waals surface area contributed by atoms with Gasteiger partial charge in [0.15, 0.2) is 6.61 Å². The zero-order valence-electron chi connectivity index (χ0n) is 19.6. The number of hydrogen-bond acceptors (Lipinski definition) is 5. The molecule has 3 amide bonds. The number of amides is 3. The quantitative estimate of drug-likeness (QED) is 0.325. The number of carbonyl (C=O) groups excluding carboxylic acids is 4. The Hall–Kier alpha value is -3.26. The topological polar surface area (TPSA) is 92.8 Å². The lowest BCUT2D eigenvalue weighted by Gasteiger charge is -2.25. The number of carbonyl (C=O) groups is 4. The SMILES string of the molecule is Cc1cc(NC(=O)COC(=O)[C@H](Cc2ccccc2)N2C(=O)[C@H]3CC=CC[C@@H]3C2=O)c(C)cc1Br. The van der Waals surface area contributed by atoms with Crippen molar-refractivity contribution in [2.24, 2.45) is 11.8 Å². The minimum absolute atomic E-state index is 0.122. The molecule has 182 valence electrons. The highest BCUT2D eigenvalue weighted by Gasteiger charge is 2.51. The first-order valence-electron chi connectivity index (χ1n) is 11.6. The molecule has 0 aromatic heterocycles. The van der Waals surface area contributed by atoms with Gasteiger partial charge in [-0.15, -0.1) is 0 Å². The lowest BCUT2D eigenvalue weighted by Crippen LogP contribution is -2.48. The van der Waals surface area contributed by atoms with E-state index in [0.29, 0.717) is 18.5 Å². The molecule has 1 fully saturated rings. The van der Waals surface area contributed by atoms with Crippen LogP contribution in [0.4, 0.5) is 5.69 Å². The van der Waals surface area contributed by atoms with E-state index in [0.717, 1.165) is 26.1 Å². The molecular formula is C27H27BrN2O5. The van der Waals surface area contributed by atoms with E-state index in [-0.39, 0.29) is 18.2 Å². The second kappa shape index (κ2) is 10.6. The molecule has 1 saturated heterocycles. The van der Waals surface area contributed by atoms with Gasteiger partial charge in [0.25, 0.3) is 5.91 Å². The monoisotopic (exact) mass is 538 g/mol. The van der Waals surface area contributed by atoms with E-state index in [9.17, 15) is 19.2 Å². The lowest BCUT2D eigenvalue weighted by atomic mass is 9.85. The molecule has 8 heteroatoms. The number of imide groups is 1. The predicted molar refractivity (Wildman–Crippen MR) is 134 cm³/mol. The van der Waals surface area contributed by atoms with Crippen molar-refractivity contribution in [2.45, 2.75) is 39.2 Å². The van der Waals surface area contributed by atoms with Crippen LogP contribution in [0.25, 0.3) is 0 Å². The summed E-state index contributed by atoms with van der Waals surface area (Å²) in [5.74, 6) is -2.89. The van der Waals surface area contributed by atoms with Gasteiger partial charge in [-0.1, -0.05) is 58.4 Å². The first kappa shape index (κ1) is 24.9. The van der Waals surface area contributed by atoms with Gasteiger partial charge in [0.1, 0.15) is 6.04 Å². The van der Waals surface area contributed by atoms with E-state index in [1.807, 2.05) is 68.5 Å². The summed E-state index contributed by atoms with van der Waals surface area (Å²) in [6.45, 7) is 3.24. The van der Waals surface area contributed by atoms with Crippen LogP contribution in [0.2, 0.25) is 0 Å². The Labute approximate surface area is 212 Å². The first-order valence-corrected chi connectivity index (χ1v) is 12.3. The van der Waals surface area contributed by atoms with E-state index in [4.69, 9.17) is 4.74 Å². The number of nitrogens with zero attached hydrogens (tertiary/aromatic N) is 1. The van der Waals surface area contributed by atoms with Gasteiger partial charge in [0.2, 0.25) is 11.8 Å². The average molecular weight is 539 g/mol. The molecule has 2 aliphatic rings. The maximum Gasteiger partial charge on any atom is 0.330 e. The van der Waals surface area contributed by atoms with Gasteiger partial charge in [0, 0.05) is 16.6 Å². The maximum absolute atomic E-state index is 13.2. The zero-order valence-corrected chi connectivity index (χ0v) is 21.2. The molecule has 35 heavy (non-hydrogen) atoms. The number of nitrogens with one attached hydrogen (secondary N) is 1. The third kappa shape index (κ3) is 5.37. The summed E-state index contributed by atoms with van der Waals surface area (Å²) in [7, 11) is 0. The molecule has 0 unspecified atom stereocenters. The highest BCUT2D eigenvalue weighted by atomic mass is 79.9. The molecule has 3 atom stereocenters. The summed E-state index contributed by atoms with van der Waals surface area (Å²) in [5, 5.41) is 2.76. The summed E-state index contributed by atoms with van der Waals surface area (Å²) >= 11 is 3.46. The van der Waals surface area contributed by atoms with Crippen LogP contribution in [0.3, 0.4) is 0 Å². The highest BCUT2D eigenvalue weighted by Crippen LogP contribution is 2.36. The number of aryl methyl sites for hydroxylation is 2. The molecule has 1 heterocycles. The van der Waals surface area contributed by atoms with Crippen molar-refractivity contribution in [3.63, 3.8) is 0 Å². The molecule has 7 nitrogen and oxygen atoms in total. The normalized spacial score (nSPS) is 19.9. The predicted octanol–water partition coefficient (Wildman–Crippen LogP) is 4.11. The van der Waals surface area contributed by atoms with Crippen molar-refractivity contribution in [3.8, 4) is 0 Å². The number of anilines is 1. The van der Waals surface area contributed by atoms with Gasteiger partial charge < -0.3 is 10.1 Å². The standard InChI is InChI=1S/C27H27BrN2O5/c1-16-13-22(17(2)12-21(16)28)29-24(31)15-35-27(34)23(14-18-8-4-3-5-9-18)30-25(32)19-10-6-7-11-20(19)26(30)33/h3-9,12-13,19-20,23H,10-11,14-15H2,1-2H3,(H,29,31)/t19-,20-,23-/m0/s1. The second-order valence-corrected chi connectivity index (χ2v) is 9.83. The van der Waals surface area contributed by atoms with Gasteiger partial charge in [-0.2, -0.15) is 0 Å². The van der Waals surface area contributed by atoms with Crippen LogP contribution < -0.4 is 5.32 Å². The van der Waals surface area contributed by atoms with Crippen LogP contribution in [0.15, 0.2) is 59.1 Å². The van der Waals surface area contributed by atoms with E-state index in [1.165, 1.54) is 0 Å². The van der Waals surface area contributed by atoms with Crippen LogP contribution in [0, 0.1) is 25.7 Å². The van der Waals surface area contributed by atoms with Crippen LogP contribution in [0.1, 0.15) is 29.5 Å². The van der Waals surface area contributed by atoms with Crippen molar-refractivity contribution in [3.05, 3.63) is 75.8 Å². The molecule has 1 aliphatic heterocycles. The van der Waals surface area contributed by atoms with Gasteiger partial charge >= 0.3 is 5.97 Å². The maximum atomic E-state index is 13.2. The van der Waals surface area contributed by atoms with Gasteiger partial charge in [-0.25, -0.2) is 4.79 Å². The van der Waals surface area contributed by atoms with Gasteiger partial charge in [-0.05, 0) is 55.5 Å². The number of fused-ring (bicyclic) bond motifs is 1. The molecule has 1 N–H and O–H groups in total. The smallest absolute Gasteiger partial charge is 0.330 e. The third-order valence-electron chi connectivity index (χ3n) is 6.52. The Bertz CT molecular complexity index is 1170. The van der Waals surface area contributed by atoms with Crippen molar-refractivity contribution >= 4 is 45.3 Å². The second-order valence-electron chi connectivity index (χ2n) is 8.98. The van der Waals surface area contributed by atoms with Gasteiger partial charge in [0.05, 0.1) is 11.8 Å². The molecule has 0 radical (unpaired) electrons. The molecular weight excluding hydrogens is 512 g/mol. The fourth-order valence-corrected chi connectivity index (χ4v) is 5.04. The Balaban J connectivity index is 1.49. The fourth-order valence-electron chi connectivity index (χ4n) is 4.59. The third-order valence-corrected chi connectivity index (χ3v) is 7.38. The summed E-state index contributed by atoms with van der Waals surface area (Å²) in [4.78, 5) is 53.1. The van der Waals surface area contributed by atoms with Gasteiger partial charge in [-0.3, -0.25) is 19.3 Å². The molecule has 0 spiro atoms. The number of halogens is 1. The van der Waals surface area contributed by atoms with E-state index >= 15 is 0 Å². The van der Waals surface area contributed by atoms with Crippen LogP contribution in [-0.2, 0) is 30.3 Å². The fraction of sp³-hybridized carbons (Fsp3) is 0.333. The number of benzene rings is 2. The molecule has 2 aromatic rings. The zero-order chi connectivity index (χ0) is 25.1. The van der Waals surface area contributed by atoms with Crippen molar-refractivity contribution in [1.82, 2.24) is 4.90 Å². The van der Waals surface area contributed by atoms with Crippen molar-refractivity contribution in [2.75, 3.05) is 11.9 Å². The van der Waals surface area contributed by atoms with E-state index < -0.39 is 36.4 Å². The van der Waals surface area contributed by atoms with Crippen LogP contribution in [-0.4, -0.2) is 41.2 Å². The Kier molecular flexibility index (Phi) is 7.50. The summed E-state index contributed by atoms with van der Waals surface area (Å²) in [6, 6.07) is 11.7. The van der Waals surface area contributed by atoms with Crippen molar-refractivity contribution in [1.29, 1.82) is 0 Å². The summed E-state index contributed by atoms with van der Waals surface area (Å²) in [6.07, 6.45) is 4.88. The average Bonchev–Trinajstić information content (AvgIpc) is 3.10. The van der Waals surface area contributed by atoms with E-state index in [1.54, 1.807) is 0 Å². The number of esters is 1. The summed E-state index contributed by atoms with van der Waals surface area (Å²) < 4.78 is 6.27. The largest absolute Gasteiger partial charge is 0.454 e. The van der Waals surface area contributed by atoms with Crippen molar-refractivity contribution < 1.29 is 23.9 Å². The minimum atomic E-state index is -1.13. The summed E-state index contributed by atoms with van der Waals surface area (Å²) in [5.41, 5.74) is 3.21. The molecule has 0 saturated carbocycles. The number of rotatable bonds is 7. The van der Waals surface area contributed by atoms with E-state index in [2.05, 4.69) is 21.2 Å². The Morgan fingerprint density at radius 3 is 2.29 bits per heavy atom. The number of hydrogen-bond donors (Lipinski definition) is 1. The molecule has 0 bridgehead atoms. The van der Waals surface area contributed by atoms with Crippen LogP contribution >= 0.6 is 15.9 Å². The highest BCUT2D eigenvalue weighted by molar-refractivity contribution is 9.10. The minimum Gasteiger partial charge on any atom is -0.454 e. The lowest BCUT2D eigenvalue weighted by molar-refractivity contribution is -0.159. The number of allylic oxidation sites excluding steroid dienone is 2. The van der Waals surface area contributed by atoms with Crippen LogP contribution in [0.5, 0.6) is 0 Å². The molecule has 1 aliphatic carbocycles. The molecule has 2 aromatic carbocycles. The first-order chi connectivity index (χ1) is 16.8. The Morgan fingerprint density at radius 2 is 1.66 bits per heavy atom.